The van der Waals surface area contributed by atoms with Gasteiger partial charge in [-0.1, -0.05) is 0 Å². The van der Waals surface area contributed by atoms with Crippen LogP contribution in [0.5, 0.6) is 0 Å². The summed E-state index contributed by atoms with van der Waals surface area (Å²) >= 11 is 0. The third-order valence-corrected chi connectivity index (χ3v) is 3.50. The number of amides is 1. The van der Waals surface area contributed by atoms with Crippen LogP contribution in [0.25, 0.3) is 0 Å². The van der Waals surface area contributed by atoms with Gasteiger partial charge < -0.3 is 30.5 Å². The molecule has 115 valence electrons. The highest BCUT2D eigenvalue weighted by Crippen LogP contribution is 2.30. The molecular formula is C10H14N5O6. The Morgan fingerprint density at radius 3 is 2.81 bits per heavy atom. The number of carbonyl (C=O) groups is 1. The van der Waals surface area contributed by atoms with Gasteiger partial charge >= 0.3 is 0 Å². The number of nitrogens with one attached hydrogen (secondary N) is 1. The van der Waals surface area contributed by atoms with Crippen LogP contribution in [0.3, 0.4) is 0 Å². The van der Waals surface area contributed by atoms with Gasteiger partial charge in [0, 0.05) is 0 Å². The molecule has 0 spiro atoms. The van der Waals surface area contributed by atoms with Crippen molar-refractivity contribution in [3.8, 4) is 0 Å². The second-order valence-corrected chi connectivity index (χ2v) is 4.83. The predicted octanol–water partition coefficient (Wildman–Crippen LogP) is -4.61. The average Bonchev–Trinajstić information content (AvgIpc) is 2.91. The second kappa shape index (κ2) is 4.69. The highest BCUT2D eigenvalue weighted by molar-refractivity contribution is 6.18. The number of hydrogen-bond donors (Lipinski definition) is 6. The van der Waals surface area contributed by atoms with Crippen molar-refractivity contribution in [3.63, 3.8) is 0 Å². The van der Waals surface area contributed by atoms with Crippen LogP contribution in [0.1, 0.15) is 0 Å². The molecule has 0 saturated carbocycles. The Labute approximate surface area is 118 Å². The normalized spacial score (nSPS) is 43.0. The summed E-state index contributed by atoms with van der Waals surface area (Å²) in [6.07, 6.45) is -4.11. The van der Waals surface area contributed by atoms with Gasteiger partial charge in [-0.25, -0.2) is 9.98 Å². The quantitative estimate of drug-likeness (QED) is 0.295. The van der Waals surface area contributed by atoms with E-state index in [1.807, 2.05) is 0 Å². The second-order valence-electron chi connectivity index (χ2n) is 4.83. The molecule has 0 aromatic heterocycles. The summed E-state index contributed by atoms with van der Waals surface area (Å²) in [7, 11) is 0. The van der Waals surface area contributed by atoms with Crippen LogP contribution in [-0.4, -0.2) is 80.3 Å². The minimum absolute atomic E-state index is 0.248. The third kappa shape index (κ3) is 1.94. The number of amidine groups is 1. The number of aliphatic imine (C=N–C) groups is 2. The molecule has 1 radical (unpaired) electrons. The van der Waals surface area contributed by atoms with E-state index in [1.54, 1.807) is 0 Å². The zero-order valence-corrected chi connectivity index (χ0v) is 10.6. The van der Waals surface area contributed by atoms with Crippen molar-refractivity contribution in [2.45, 2.75) is 30.3 Å². The van der Waals surface area contributed by atoms with E-state index < -0.39 is 42.8 Å². The fourth-order valence-corrected chi connectivity index (χ4v) is 2.38. The Balaban J connectivity index is 1.91. The maximum absolute atomic E-state index is 11.8. The topological polar surface area (TPSA) is 173 Å². The number of fused-ring (bicyclic) bond motifs is 1. The lowest BCUT2D eigenvalue weighted by atomic mass is 10.1. The molecule has 3 aliphatic rings. The Kier molecular flexibility index (Phi) is 3.20. The molecule has 1 fully saturated rings. The van der Waals surface area contributed by atoms with Gasteiger partial charge in [-0.3, -0.25) is 15.4 Å². The predicted molar refractivity (Wildman–Crippen MR) is 66.0 cm³/mol. The van der Waals surface area contributed by atoms with Crippen molar-refractivity contribution >= 4 is 18.1 Å². The molecule has 1 amide bonds. The monoisotopic (exact) mass is 300 g/mol. The third-order valence-electron chi connectivity index (χ3n) is 3.50. The fraction of sp³-hybridized carbons (Fsp3) is 0.600. The SMILES string of the molecule is N[C]1N=C2N([C@@H]3O[C@H](CO)[C@@H](O)[C@H]3O)C=NC2(O)C(=O)N1. The first kappa shape index (κ1) is 14.3. The van der Waals surface area contributed by atoms with Crippen molar-refractivity contribution in [1.29, 1.82) is 0 Å². The van der Waals surface area contributed by atoms with Crippen molar-refractivity contribution < 1.29 is 30.0 Å². The molecule has 11 nitrogen and oxygen atoms in total. The van der Waals surface area contributed by atoms with E-state index in [-0.39, 0.29) is 12.1 Å². The van der Waals surface area contributed by atoms with Gasteiger partial charge in [-0.15, -0.1) is 0 Å². The summed E-state index contributed by atoms with van der Waals surface area (Å²) in [5.41, 5.74) is 3.16. The molecule has 0 aromatic rings. The largest absolute Gasteiger partial charge is 0.394 e. The van der Waals surface area contributed by atoms with Crippen molar-refractivity contribution in [1.82, 2.24) is 10.2 Å². The lowest BCUT2D eigenvalue weighted by molar-refractivity contribution is -0.133. The molecule has 3 aliphatic heterocycles. The van der Waals surface area contributed by atoms with E-state index in [0.717, 1.165) is 11.2 Å². The number of aliphatic hydroxyl groups excluding tert-OH is 3. The molecule has 5 atom stereocenters. The zero-order valence-electron chi connectivity index (χ0n) is 10.6. The highest BCUT2D eigenvalue weighted by atomic mass is 16.6. The summed E-state index contributed by atoms with van der Waals surface area (Å²) in [5.74, 6) is -1.14. The molecule has 0 bridgehead atoms. The molecule has 1 unspecified atom stereocenters. The molecule has 0 aromatic carbocycles. The Morgan fingerprint density at radius 1 is 1.48 bits per heavy atom. The minimum Gasteiger partial charge on any atom is -0.394 e. The lowest BCUT2D eigenvalue weighted by Crippen LogP contribution is -2.60. The van der Waals surface area contributed by atoms with Crippen LogP contribution in [0.4, 0.5) is 0 Å². The Hall–Kier alpha value is -1.63. The summed E-state index contributed by atoms with van der Waals surface area (Å²) in [6, 6.07) is 0. The first-order chi connectivity index (χ1) is 9.88. The maximum atomic E-state index is 11.8. The van der Waals surface area contributed by atoms with E-state index in [2.05, 4.69) is 15.3 Å². The van der Waals surface area contributed by atoms with Crippen LogP contribution in [0, 0.1) is 6.29 Å². The maximum Gasteiger partial charge on any atom is 0.297 e. The van der Waals surface area contributed by atoms with E-state index >= 15 is 0 Å². The van der Waals surface area contributed by atoms with Crippen molar-refractivity contribution in [3.05, 3.63) is 6.29 Å². The highest BCUT2D eigenvalue weighted by Gasteiger charge is 2.56. The van der Waals surface area contributed by atoms with E-state index in [1.165, 1.54) is 0 Å². The van der Waals surface area contributed by atoms with Gasteiger partial charge in [0.05, 0.1) is 12.9 Å². The van der Waals surface area contributed by atoms with E-state index in [9.17, 15) is 20.1 Å². The molecule has 1 saturated heterocycles. The number of carbonyl (C=O) groups excluding carboxylic acids is 1. The van der Waals surface area contributed by atoms with Crippen LogP contribution in [0.15, 0.2) is 9.98 Å². The lowest BCUT2D eigenvalue weighted by Gasteiger charge is -2.32. The first-order valence-corrected chi connectivity index (χ1v) is 6.10. The number of aliphatic hydroxyl groups is 4. The van der Waals surface area contributed by atoms with Crippen molar-refractivity contribution in [2.75, 3.05) is 6.61 Å². The zero-order chi connectivity index (χ0) is 15.4. The molecule has 3 heterocycles. The van der Waals surface area contributed by atoms with Gasteiger partial charge in [-0.05, 0) is 0 Å². The van der Waals surface area contributed by atoms with Crippen LogP contribution >= 0.6 is 0 Å². The summed E-state index contributed by atoms with van der Waals surface area (Å²) in [5, 5.41) is 41.1. The molecule has 7 N–H and O–H groups in total. The van der Waals surface area contributed by atoms with Gasteiger partial charge in [-0.2, -0.15) is 0 Å². The number of hydrogen-bond acceptors (Lipinski definition) is 10. The molecule has 3 rings (SSSR count). The van der Waals surface area contributed by atoms with Gasteiger partial charge in [0.2, 0.25) is 6.29 Å². The molecule has 21 heavy (non-hydrogen) atoms. The number of rotatable bonds is 2. The first-order valence-electron chi connectivity index (χ1n) is 6.10. The van der Waals surface area contributed by atoms with Crippen LogP contribution in [0.2, 0.25) is 0 Å². The number of nitrogens with zero attached hydrogens (tertiary/aromatic N) is 3. The smallest absolute Gasteiger partial charge is 0.297 e. The van der Waals surface area contributed by atoms with Crippen molar-refractivity contribution in [2.24, 2.45) is 15.7 Å². The Morgan fingerprint density at radius 2 is 2.19 bits per heavy atom. The average molecular weight is 300 g/mol. The Bertz CT molecular complexity index is 526. The molecule has 0 aliphatic carbocycles. The molecular weight excluding hydrogens is 286 g/mol. The standard InChI is InChI=1S/C10H14N5O6/c11-9-13-7-10(20,8(19)14-9)12-2-15(7)6-5(18)4(17)3(1-16)21-6/h2-6,16-18,20H,1,11H2,(H,14,19)/t3-,4-,5-,6-,10?/m1/s1. The molecule has 11 heteroatoms. The number of nitrogens with two attached hydrogens (primary N) is 1. The van der Waals surface area contributed by atoms with Gasteiger partial charge in [0.1, 0.15) is 18.3 Å². The van der Waals surface area contributed by atoms with Crippen LogP contribution < -0.4 is 11.1 Å². The van der Waals surface area contributed by atoms with Gasteiger partial charge in [0.25, 0.3) is 11.6 Å². The number of ether oxygens (including phenoxy) is 1. The summed E-state index contributed by atoms with van der Waals surface area (Å²) in [4.78, 5) is 20.3. The fourth-order valence-electron chi connectivity index (χ4n) is 2.38. The summed E-state index contributed by atoms with van der Waals surface area (Å²) < 4.78 is 5.29. The van der Waals surface area contributed by atoms with E-state index in [4.69, 9.17) is 15.6 Å². The van der Waals surface area contributed by atoms with E-state index in [0.29, 0.717) is 0 Å². The summed E-state index contributed by atoms with van der Waals surface area (Å²) in [6.45, 7) is -0.509. The van der Waals surface area contributed by atoms with Crippen LogP contribution in [-0.2, 0) is 9.53 Å². The minimum atomic E-state index is -2.27. The van der Waals surface area contributed by atoms with Gasteiger partial charge in [0.15, 0.2) is 12.1 Å².